The molecule has 2 aromatic rings. The number of nitrogens with zero attached hydrogens (tertiary/aromatic N) is 2. The van der Waals surface area contributed by atoms with Crippen LogP contribution in [0.2, 0.25) is 0 Å². The molecule has 0 spiro atoms. The molecule has 0 radical (unpaired) electrons. The average molecular weight is 343 g/mol. The Labute approximate surface area is 146 Å². The zero-order valence-corrected chi connectivity index (χ0v) is 14.9. The number of aryl methyl sites for hydroxylation is 2. The third-order valence-corrected chi connectivity index (χ3v) is 7.19. The second-order valence-corrected chi connectivity index (χ2v) is 9.01. The van der Waals surface area contributed by atoms with Gasteiger partial charge in [0.2, 0.25) is 0 Å². The molecule has 0 bridgehead atoms. The van der Waals surface area contributed by atoms with Gasteiger partial charge in [-0.05, 0) is 68.8 Å². The first-order valence-corrected chi connectivity index (χ1v) is 10.3. The van der Waals surface area contributed by atoms with E-state index in [1.54, 1.807) is 0 Å². The van der Waals surface area contributed by atoms with E-state index in [2.05, 4.69) is 5.32 Å². The molecule has 3 aliphatic carbocycles. The van der Waals surface area contributed by atoms with Crippen LogP contribution in [0.4, 0.5) is 5.82 Å². The standard InChI is InChI=1S/C19H25N3OS/c23-10-9-19(7-8-19)11-20-17-15-13-3-1-2-4-14(13)24-18(15)22-16(21-17)12-5-6-12/h12,23H,1-11H2,(H,20,21,22). The van der Waals surface area contributed by atoms with E-state index >= 15 is 0 Å². The Morgan fingerprint density at radius 1 is 1.17 bits per heavy atom. The molecular formula is C19H25N3OS. The molecule has 0 amide bonds. The van der Waals surface area contributed by atoms with Gasteiger partial charge in [-0.3, -0.25) is 0 Å². The molecular weight excluding hydrogens is 318 g/mol. The molecule has 0 unspecified atom stereocenters. The summed E-state index contributed by atoms with van der Waals surface area (Å²) in [5, 5.41) is 14.3. The number of aromatic nitrogens is 2. The Bertz CT molecular complexity index is 777. The van der Waals surface area contributed by atoms with E-state index < -0.39 is 0 Å². The van der Waals surface area contributed by atoms with Gasteiger partial charge < -0.3 is 10.4 Å². The van der Waals surface area contributed by atoms with Crippen molar-refractivity contribution < 1.29 is 5.11 Å². The Hall–Kier alpha value is -1.20. The highest BCUT2D eigenvalue weighted by atomic mass is 32.1. The zero-order chi connectivity index (χ0) is 16.1. The number of aliphatic hydroxyl groups excluding tert-OH is 1. The average Bonchev–Trinajstić information content (AvgIpc) is 3.51. The van der Waals surface area contributed by atoms with Gasteiger partial charge in [0, 0.05) is 23.9 Å². The molecule has 2 fully saturated rings. The minimum Gasteiger partial charge on any atom is -0.396 e. The third kappa shape index (κ3) is 2.62. The van der Waals surface area contributed by atoms with Crippen LogP contribution in [0.3, 0.4) is 0 Å². The molecule has 128 valence electrons. The maximum absolute atomic E-state index is 9.31. The second-order valence-electron chi connectivity index (χ2n) is 7.92. The Kier molecular flexibility index (Phi) is 3.56. The lowest BCUT2D eigenvalue weighted by Crippen LogP contribution is -2.18. The van der Waals surface area contributed by atoms with E-state index in [-0.39, 0.29) is 0 Å². The van der Waals surface area contributed by atoms with Crippen LogP contribution in [0.1, 0.15) is 67.1 Å². The number of rotatable bonds is 6. The van der Waals surface area contributed by atoms with Crippen LogP contribution in [0.25, 0.3) is 10.2 Å². The summed E-state index contributed by atoms with van der Waals surface area (Å²) < 4.78 is 0. The van der Waals surface area contributed by atoms with E-state index in [4.69, 9.17) is 9.97 Å². The van der Waals surface area contributed by atoms with Crippen LogP contribution >= 0.6 is 11.3 Å². The van der Waals surface area contributed by atoms with Gasteiger partial charge >= 0.3 is 0 Å². The van der Waals surface area contributed by atoms with E-state index in [9.17, 15) is 5.11 Å². The summed E-state index contributed by atoms with van der Waals surface area (Å²) in [6, 6.07) is 0. The summed E-state index contributed by atoms with van der Waals surface area (Å²) in [7, 11) is 0. The van der Waals surface area contributed by atoms with Gasteiger partial charge in [0.25, 0.3) is 0 Å². The maximum Gasteiger partial charge on any atom is 0.138 e. The predicted molar refractivity (Wildman–Crippen MR) is 97.9 cm³/mol. The van der Waals surface area contributed by atoms with Crippen LogP contribution in [0, 0.1) is 5.41 Å². The molecule has 2 heterocycles. The predicted octanol–water partition coefficient (Wildman–Crippen LogP) is 4.02. The van der Waals surface area contributed by atoms with Gasteiger partial charge in [-0.15, -0.1) is 11.3 Å². The van der Waals surface area contributed by atoms with Crippen molar-refractivity contribution in [1.29, 1.82) is 0 Å². The summed E-state index contributed by atoms with van der Waals surface area (Å²) in [5.74, 6) is 2.71. The van der Waals surface area contributed by atoms with Gasteiger partial charge in [0.15, 0.2) is 0 Å². The molecule has 24 heavy (non-hydrogen) atoms. The number of nitrogens with one attached hydrogen (secondary N) is 1. The molecule has 2 saturated carbocycles. The molecule has 0 atom stereocenters. The zero-order valence-electron chi connectivity index (χ0n) is 14.1. The largest absolute Gasteiger partial charge is 0.396 e. The van der Waals surface area contributed by atoms with E-state index in [0.717, 1.165) is 24.6 Å². The first-order chi connectivity index (χ1) is 11.8. The highest BCUT2D eigenvalue weighted by Gasteiger charge is 2.42. The summed E-state index contributed by atoms with van der Waals surface area (Å²) in [6.45, 7) is 1.23. The highest BCUT2D eigenvalue weighted by Crippen LogP contribution is 2.49. The number of thiophene rings is 1. The Balaban J connectivity index is 1.53. The lowest BCUT2D eigenvalue weighted by molar-refractivity contribution is 0.253. The summed E-state index contributed by atoms with van der Waals surface area (Å²) in [5.41, 5.74) is 1.82. The van der Waals surface area contributed by atoms with Crippen molar-refractivity contribution in [3.05, 3.63) is 16.3 Å². The quantitative estimate of drug-likeness (QED) is 0.832. The number of aliphatic hydroxyl groups is 1. The summed E-state index contributed by atoms with van der Waals surface area (Å²) in [6.07, 6.45) is 10.8. The molecule has 2 N–H and O–H groups in total. The van der Waals surface area contributed by atoms with Gasteiger partial charge in [-0.1, -0.05) is 0 Å². The SMILES string of the molecule is OCCC1(CNc2nc(C3CC3)nc3sc4c(c23)CCCC4)CC1. The molecule has 3 aliphatic rings. The van der Waals surface area contributed by atoms with Crippen LogP contribution in [-0.2, 0) is 12.8 Å². The molecule has 5 rings (SSSR count). The minimum absolute atomic E-state index is 0.294. The smallest absolute Gasteiger partial charge is 0.138 e. The van der Waals surface area contributed by atoms with Crippen LogP contribution in [0.15, 0.2) is 0 Å². The fourth-order valence-corrected chi connectivity index (χ4v) is 5.29. The van der Waals surface area contributed by atoms with Crippen molar-refractivity contribution in [2.24, 2.45) is 5.41 Å². The minimum atomic E-state index is 0.294. The number of hydrogen-bond acceptors (Lipinski definition) is 5. The fraction of sp³-hybridized carbons (Fsp3) is 0.684. The Morgan fingerprint density at radius 2 is 2.00 bits per heavy atom. The topological polar surface area (TPSA) is 58.0 Å². The second kappa shape index (κ2) is 5.67. The van der Waals surface area contributed by atoms with Gasteiger partial charge in [-0.25, -0.2) is 9.97 Å². The van der Waals surface area contributed by atoms with Crippen molar-refractivity contribution in [2.45, 2.75) is 63.7 Å². The number of fused-ring (bicyclic) bond motifs is 3. The maximum atomic E-state index is 9.31. The van der Waals surface area contributed by atoms with Crippen molar-refractivity contribution in [2.75, 3.05) is 18.5 Å². The summed E-state index contributed by atoms with van der Waals surface area (Å²) >= 11 is 1.90. The van der Waals surface area contributed by atoms with E-state index in [1.807, 2.05) is 11.3 Å². The lowest BCUT2D eigenvalue weighted by Gasteiger charge is -2.17. The first kappa shape index (κ1) is 15.1. The van der Waals surface area contributed by atoms with E-state index in [1.165, 1.54) is 72.0 Å². The van der Waals surface area contributed by atoms with E-state index in [0.29, 0.717) is 17.9 Å². The van der Waals surface area contributed by atoms with Crippen LogP contribution in [0.5, 0.6) is 0 Å². The fourth-order valence-electron chi connectivity index (χ4n) is 4.03. The molecule has 4 nitrogen and oxygen atoms in total. The molecule has 0 saturated heterocycles. The van der Waals surface area contributed by atoms with Gasteiger partial charge in [0.1, 0.15) is 16.5 Å². The number of hydrogen-bond donors (Lipinski definition) is 2. The molecule has 0 aromatic carbocycles. The normalized spacial score (nSPS) is 21.7. The first-order valence-electron chi connectivity index (χ1n) is 9.45. The van der Waals surface area contributed by atoms with Crippen molar-refractivity contribution in [3.8, 4) is 0 Å². The van der Waals surface area contributed by atoms with Crippen molar-refractivity contribution >= 4 is 27.4 Å². The Morgan fingerprint density at radius 3 is 2.75 bits per heavy atom. The van der Waals surface area contributed by atoms with Crippen LogP contribution < -0.4 is 5.32 Å². The lowest BCUT2D eigenvalue weighted by atomic mass is 9.97. The highest BCUT2D eigenvalue weighted by molar-refractivity contribution is 7.19. The van der Waals surface area contributed by atoms with Crippen molar-refractivity contribution in [1.82, 2.24) is 9.97 Å². The van der Waals surface area contributed by atoms with Gasteiger partial charge in [-0.2, -0.15) is 0 Å². The van der Waals surface area contributed by atoms with Crippen LogP contribution in [-0.4, -0.2) is 28.2 Å². The molecule has 0 aliphatic heterocycles. The summed E-state index contributed by atoms with van der Waals surface area (Å²) in [4.78, 5) is 12.6. The van der Waals surface area contributed by atoms with Gasteiger partial charge in [0.05, 0.1) is 5.39 Å². The molecule has 2 aromatic heterocycles. The molecule has 5 heteroatoms. The number of anilines is 1. The third-order valence-electron chi connectivity index (χ3n) is 6.00. The van der Waals surface area contributed by atoms with Crippen molar-refractivity contribution in [3.63, 3.8) is 0 Å². The monoisotopic (exact) mass is 343 g/mol.